The van der Waals surface area contributed by atoms with Crippen molar-refractivity contribution in [2.75, 3.05) is 31.1 Å². The third-order valence-electron chi connectivity index (χ3n) is 4.49. The van der Waals surface area contributed by atoms with Crippen LogP contribution in [0.15, 0.2) is 54.6 Å². The summed E-state index contributed by atoms with van der Waals surface area (Å²) in [6, 6.07) is 16.0. The SMILES string of the molecule is O=C(COc1ccc(Cl)cc1)NCCNC(=O)[C@H]1CC(=O)N(c2ccccc2)C1. The van der Waals surface area contributed by atoms with Gasteiger partial charge in [0, 0.05) is 36.8 Å². The third-order valence-corrected chi connectivity index (χ3v) is 4.75. The van der Waals surface area contributed by atoms with Gasteiger partial charge in [0.25, 0.3) is 5.91 Å². The molecule has 0 aliphatic carbocycles. The summed E-state index contributed by atoms with van der Waals surface area (Å²) < 4.78 is 5.35. The summed E-state index contributed by atoms with van der Waals surface area (Å²) in [6.45, 7) is 0.786. The van der Waals surface area contributed by atoms with Gasteiger partial charge in [-0.05, 0) is 36.4 Å². The van der Waals surface area contributed by atoms with Crippen molar-refractivity contribution in [2.45, 2.75) is 6.42 Å². The zero-order valence-electron chi connectivity index (χ0n) is 15.8. The van der Waals surface area contributed by atoms with E-state index in [4.69, 9.17) is 16.3 Å². The number of anilines is 1. The molecule has 1 aliphatic heterocycles. The highest BCUT2D eigenvalue weighted by Gasteiger charge is 2.34. The maximum atomic E-state index is 12.3. The Balaban J connectivity index is 1.34. The number of halogens is 1. The predicted octanol–water partition coefficient (Wildman–Crippen LogP) is 2.00. The fourth-order valence-electron chi connectivity index (χ4n) is 3.00. The smallest absolute Gasteiger partial charge is 0.258 e. The number of hydrogen-bond donors (Lipinski definition) is 2. The highest BCUT2D eigenvalue weighted by atomic mass is 35.5. The zero-order valence-corrected chi connectivity index (χ0v) is 16.5. The molecule has 2 aromatic rings. The Kier molecular flexibility index (Phi) is 7.08. The first-order valence-electron chi connectivity index (χ1n) is 9.31. The average Bonchev–Trinajstić information content (AvgIpc) is 3.13. The summed E-state index contributed by atoms with van der Waals surface area (Å²) in [7, 11) is 0. The van der Waals surface area contributed by atoms with E-state index < -0.39 is 5.92 Å². The van der Waals surface area contributed by atoms with Gasteiger partial charge in [-0.25, -0.2) is 0 Å². The van der Waals surface area contributed by atoms with Crippen molar-refractivity contribution >= 4 is 35.0 Å². The monoisotopic (exact) mass is 415 g/mol. The van der Waals surface area contributed by atoms with Gasteiger partial charge >= 0.3 is 0 Å². The Morgan fingerprint density at radius 1 is 1.03 bits per heavy atom. The van der Waals surface area contributed by atoms with Gasteiger partial charge in [-0.1, -0.05) is 29.8 Å². The number of nitrogens with zero attached hydrogens (tertiary/aromatic N) is 1. The van der Waals surface area contributed by atoms with Gasteiger partial charge in [-0.2, -0.15) is 0 Å². The molecule has 2 aromatic carbocycles. The van der Waals surface area contributed by atoms with Crippen LogP contribution < -0.4 is 20.3 Å². The molecule has 1 atom stereocenters. The molecule has 1 heterocycles. The lowest BCUT2D eigenvalue weighted by Gasteiger charge is -2.16. The van der Waals surface area contributed by atoms with Crippen molar-refractivity contribution in [3.05, 3.63) is 59.6 Å². The number of rotatable bonds is 8. The van der Waals surface area contributed by atoms with Crippen LogP contribution in [0.25, 0.3) is 0 Å². The van der Waals surface area contributed by atoms with Crippen LogP contribution in [0.4, 0.5) is 5.69 Å². The summed E-state index contributed by atoms with van der Waals surface area (Å²) in [6.07, 6.45) is 0.183. The molecule has 0 bridgehead atoms. The molecular formula is C21H22ClN3O4. The number of nitrogens with one attached hydrogen (secondary N) is 2. The van der Waals surface area contributed by atoms with E-state index >= 15 is 0 Å². The molecule has 2 N–H and O–H groups in total. The number of hydrogen-bond acceptors (Lipinski definition) is 4. The molecule has 152 valence electrons. The molecule has 3 rings (SSSR count). The number of amides is 3. The first-order chi connectivity index (χ1) is 14.0. The van der Waals surface area contributed by atoms with Gasteiger partial charge in [0.05, 0.1) is 5.92 Å². The van der Waals surface area contributed by atoms with E-state index in [1.807, 2.05) is 30.3 Å². The van der Waals surface area contributed by atoms with E-state index in [-0.39, 0.29) is 43.8 Å². The number of carbonyl (C=O) groups excluding carboxylic acids is 3. The molecule has 1 aliphatic rings. The molecule has 0 radical (unpaired) electrons. The van der Waals surface area contributed by atoms with E-state index in [0.717, 1.165) is 5.69 Å². The molecule has 1 saturated heterocycles. The van der Waals surface area contributed by atoms with Crippen molar-refractivity contribution in [3.63, 3.8) is 0 Å². The standard InChI is InChI=1S/C21H22ClN3O4/c22-16-6-8-18(9-7-16)29-14-19(26)23-10-11-24-21(28)15-12-20(27)25(13-15)17-4-2-1-3-5-17/h1-9,15H,10-14H2,(H,23,26)(H,24,28)/t15-/m0/s1. The van der Waals surface area contributed by atoms with Gasteiger partial charge in [0.15, 0.2) is 6.61 Å². The van der Waals surface area contributed by atoms with Crippen LogP contribution in [0, 0.1) is 5.92 Å². The quantitative estimate of drug-likeness (QED) is 0.645. The Morgan fingerprint density at radius 3 is 2.45 bits per heavy atom. The lowest BCUT2D eigenvalue weighted by Crippen LogP contribution is -2.39. The summed E-state index contributed by atoms with van der Waals surface area (Å²) in [5.74, 6) is -0.397. The van der Waals surface area contributed by atoms with Crippen LogP contribution in [0.1, 0.15) is 6.42 Å². The van der Waals surface area contributed by atoms with E-state index in [2.05, 4.69) is 10.6 Å². The molecule has 1 fully saturated rings. The van der Waals surface area contributed by atoms with Crippen molar-refractivity contribution in [3.8, 4) is 5.75 Å². The van der Waals surface area contributed by atoms with E-state index in [1.54, 1.807) is 29.2 Å². The van der Waals surface area contributed by atoms with Gasteiger partial charge in [0.2, 0.25) is 11.8 Å². The second kappa shape index (κ2) is 9.93. The Hall–Kier alpha value is -3.06. The predicted molar refractivity (Wildman–Crippen MR) is 110 cm³/mol. The van der Waals surface area contributed by atoms with Crippen LogP contribution in [0.5, 0.6) is 5.75 Å². The molecule has 8 heteroatoms. The third kappa shape index (κ3) is 5.96. The number of para-hydroxylation sites is 1. The lowest BCUT2D eigenvalue weighted by molar-refractivity contribution is -0.126. The van der Waals surface area contributed by atoms with Crippen molar-refractivity contribution in [1.29, 1.82) is 0 Å². The van der Waals surface area contributed by atoms with Crippen LogP contribution >= 0.6 is 11.6 Å². The van der Waals surface area contributed by atoms with Gasteiger partial charge < -0.3 is 20.3 Å². The Bertz CT molecular complexity index is 858. The lowest BCUT2D eigenvalue weighted by atomic mass is 10.1. The van der Waals surface area contributed by atoms with Crippen LogP contribution in [0.2, 0.25) is 5.02 Å². The van der Waals surface area contributed by atoms with Crippen LogP contribution in [-0.2, 0) is 14.4 Å². The zero-order chi connectivity index (χ0) is 20.6. The normalized spacial score (nSPS) is 15.8. The van der Waals surface area contributed by atoms with Crippen molar-refractivity contribution < 1.29 is 19.1 Å². The topological polar surface area (TPSA) is 87.7 Å². The first kappa shape index (κ1) is 20.7. The van der Waals surface area contributed by atoms with Crippen molar-refractivity contribution in [1.82, 2.24) is 10.6 Å². The summed E-state index contributed by atoms with van der Waals surface area (Å²) in [5, 5.41) is 6.03. The summed E-state index contributed by atoms with van der Waals surface area (Å²) in [5.41, 5.74) is 0.792. The number of ether oxygens (including phenoxy) is 1. The minimum absolute atomic E-state index is 0.0657. The molecule has 3 amide bonds. The minimum Gasteiger partial charge on any atom is -0.484 e. The minimum atomic E-state index is -0.397. The molecule has 0 spiro atoms. The second-order valence-electron chi connectivity index (χ2n) is 6.62. The molecular weight excluding hydrogens is 394 g/mol. The molecule has 0 saturated carbocycles. The molecule has 0 aromatic heterocycles. The molecule has 29 heavy (non-hydrogen) atoms. The second-order valence-corrected chi connectivity index (χ2v) is 7.06. The van der Waals surface area contributed by atoms with E-state index in [9.17, 15) is 14.4 Å². The summed E-state index contributed by atoms with van der Waals surface area (Å²) >= 11 is 5.79. The largest absolute Gasteiger partial charge is 0.484 e. The van der Waals surface area contributed by atoms with Gasteiger partial charge in [0.1, 0.15) is 5.75 Å². The highest BCUT2D eigenvalue weighted by molar-refractivity contribution is 6.30. The Morgan fingerprint density at radius 2 is 1.72 bits per heavy atom. The Labute approximate surface area is 174 Å². The molecule has 0 unspecified atom stereocenters. The fraction of sp³-hybridized carbons (Fsp3) is 0.286. The maximum Gasteiger partial charge on any atom is 0.258 e. The first-order valence-corrected chi connectivity index (χ1v) is 9.69. The van der Waals surface area contributed by atoms with E-state index in [1.165, 1.54) is 0 Å². The number of benzene rings is 2. The van der Waals surface area contributed by atoms with E-state index in [0.29, 0.717) is 17.3 Å². The summed E-state index contributed by atoms with van der Waals surface area (Å²) in [4.78, 5) is 37.9. The van der Waals surface area contributed by atoms with Crippen LogP contribution in [0.3, 0.4) is 0 Å². The van der Waals surface area contributed by atoms with Gasteiger partial charge in [-0.3, -0.25) is 14.4 Å². The maximum absolute atomic E-state index is 12.3. The van der Waals surface area contributed by atoms with Crippen LogP contribution in [-0.4, -0.2) is 44.0 Å². The van der Waals surface area contributed by atoms with Gasteiger partial charge in [-0.15, -0.1) is 0 Å². The van der Waals surface area contributed by atoms with Crippen molar-refractivity contribution in [2.24, 2.45) is 5.92 Å². The fourth-order valence-corrected chi connectivity index (χ4v) is 3.13. The average molecular weight is 416 g/mol. The number of carbonyl (C=O) groups is 3. The highest BCUT2D eigenvalue weighted by Crippen LogP contribution is 2.24. The molecule has 7 nitrogen and oxygen atoms in total.